The Balaban J connectivity index is 0.00000264. The third-order valence-electron chi connectivity index (χ3n) is 3.32. The number of guanidine groups is 1. The van der Waals surface area contributed by atoms with Crippen molar-refractivity contribution in [1.29, 1.82) is 0 Å². The van der Waals surface area contributed by atoms with Crippen molar-refractivity contribution in [3.63, 3.8) is 0 Å². The summed E-state index contributed by atoms with van der Waals surface area (Å²) in [6.07, 6.45) is 2.07. The summed E-state index contributed by atoms with van der Waals surface area (Å²) in [4.78, 5) is 9.81. The van der Waals surface area contributed by atoms with Crippen molar-refractivity contribution >= 4 is 41.7 Å². The minimum Gasteiger partial charge on any atom is -0.444 e. The molecule has 5 nitrogen and oxygen atoms in total. The number of aromatic nitrogens is 1. The molecule has 1 aromatic carbocycles. The third-order valence-corrected chi connectivity index (χ3v) is 4.07. The second kappa shape index (κ2) is 9.82. The van der Waals surface area contributed by atoms with E-state index in [0.29, 0.717) is 12.4 Å². The number of hydrogen-bond donors (Lipinski definition) is 2. The van der Waals surface area contributed by atoms with Gasteiger partial charge in [-0.1, -0.05) is 12.1 Å². The Kier molecular flexibility index (Phi) is 8.46. The number of nitrogens with one attached hydrogen (secondary N) is 2. The summed E-state index contributed by atoms with van der Waals surface area (Å²) in [6, 6.07) is 8.48. The highest BCUT2D eigenvalue weighted by Gasteiger charge is 2.06. The fourth-order valence-corrected chi connectivity index (χ4v) is 2.33. The van der Waals surface area contributed by atoms with Gasteiger partial charge >= 0.3 is 0 Å². The van der Waals surface area contributed by atoms with Crippen LogP contribution in [0.2, 0.25) is 0 Å². The third kappa shape index (κ3) is 6.06. The number of aliphatic imine (C=N–C) groups is 1. The van der Waals surface area contributed by atoms with Crippen LogP contribution in [0.25, 0.3) is 0 Å². The predicted octanol–water partition coefficient (Wildman–Crippen LogP) is 3.50. The monoisotopic (exact) mass is 446 g/mol. The quantitative estimate of drug-likeness (QED) is 0.319. The van der Waals surface area contributed by atoms with E-state index in [0.717, 1.165) is 24.0 Å². The number of hydrogen-bond acceptors (Lipinski definition) is 4. The van der Waals surface area contributed by atoms with Gasteiger partial charge in [-0.2, -0.15) is 0 Å². The molecule has 0 saturated carbocycles. The molecule has 0 amide bonds. The molecule has 0 fully saturated rings. The van der Waals surface area contributed by atoms with E-state index in [2.05, 4.69) is 51.1 Å². The molecule has 126 valence electrons. The lowest BCUT2D eigenvalue weighted by Gasteiger charge is -2.11. The van der Waals surface area contributed by atoms with E-state index < -0.39 is 0 Å². The Morgan fingerprint density at radius 3 is 2.35 bits per heavy atom. The lowest BCUT2D eigenvalue weighted by molar-refractivity contribution is 0.463. The van der Waals surface area contributed by atoms with Gasteiger partial charge in [0.2, 0.25) is 5.89 Å². The standard InChI is InChI=1S/C16H22N4OS.HI/c1-11-12(2)21-15(20-11)10-19-16(17-3)18-9-13-5-7-14(22-4)8-6-13;/h5-8H,9-10H2,1-4H3,(H2,17,18,19);1H. The molecule has 0 bridgehead atoms. The zero-order valence-electron chi connectivity index (χ0n) is 13.8. The Hall–Kier alpha value is -1.22. The molecule has 1 aromatic heterocycles. The Labute approximate surface area is 158 Å². The summed E-state index contributed by atoms with van der Waals surface area (Å²) in [5, 5.41) is 6.48. The zero-order valence-corrected chi connectivity index (χ0v) is 17.0. The summed E-state index contributed by atoms with van der Waals surface area (Å²) in [5.74, 6) is 2.25. The normalized spacial score (nSPS) is 11.0. The number of thioether (sulfide) groups is 1. The van der Waals surface area contributed by atoms with E-state index in [-0.39, 0.29) is 24.0 Å². The van der Waals surface area contributed by atoms with Crippen molar-refractivity contribution in [1.82, 2.24) is 15.6 Å². The van der Waals surface area contributed by atoms with E-state index in [9.17, 15) is 0 Å². The van der Waals surface area contributed by atoms with E-state index in [1.165, 1.54) is 10.5 Å². The van der Waals surface area contributed by atoms with Gasteiger partial charge in [0.15, 0.2) is 5.96 Å². The fraction of sp³-hybridized carbons (Fsp3) is 0.375. The Morgan fingerprint density at radius 1 is 1.17 bits per heavy atom. The molecule has 0 aliphatic carbocycles. The maximum absolute atomic E-state index is 5.54. The lowest BCUT2D eigenvalue weighted by atomic mass is 10.2. The molecular weight excluding hydrogens is 423 g/mol. The first kappa shape index (κ1) is 19.8. The van der Waals surface area contributed by atoms with Crippen molar-refractivity contribution in [2.45, 2.75) is 31.8 Å². The van der Waals surface area contributed by atoms with Gasteiger partial charge in [-0.25, -0.2) is 4.98 Å². The van der Waals surface area contributed by atoms with Gasteiger partial charge in [0.05, 0.1) is 12.2 Å². The number of rotatable bonds is 5. The highest BCUT2D eigenvalue weighted by Crippen LogP contribution is 2.14. The van der Waals surface area contributed by atoms with Crippen LogP contribution in [0.15, 0.2) is 38.6 Å². The average molecular weight is 446 g/mol. The first-order valence-corrected chi connectivity index (χ1v) is 8.35. The molecule has 23 heavy (non-hydrogen) atoms. The molecule has 1 heterocycles. The zero-order chi connectivity index (χ0) is 15.9. The second-order valence-corrected chi connectivity index (χ2v) is 5.76. The molecule has 2 rings (SSSR count). The van der Waals surface area contributed by atoms with E-state index in [1.54, 1.807) is 18.8 Å². The van der Waals surface area contributed by atoms with Gasteiger partial charge in [-0.05, 0) is 37.8 Å². The van der Waals surface area contributed by atoms with Crippen LogP contribution < -0.4 is 10.6 Å². The number of halogens is 1. The van der Waals surface area contributed by atoms with Crippen LogP contribution in [0.4, 0.5) is 0 Å². The fourth-order valence-electron chi connectivity index (χ4n) is 1.92. The molecule has 0 unspecified atom stereocenters. The van der Waals surface area contributed by atoms with Crippen molar-refractivity contribution in [2.24, 2.45) is 4.99 Å². The SMILES string of the molecule is CN=C(NCc1ccc(SC)cc1)NCc1nc(C)c(C)o1.I. The first-order chi connectivity index (χ1) is 10.6. The summed E-state index contributed by atoms with van der Waals surface area (Å²) in [5.41, 5.74) is 2.14. The van der Waals surface area contributed by atoms with Crippen molar-refractivity contribution in [3.8, 4) is 0 Å². The highest BCUT2D eigenvalue weighted by atomic mass is 127. The predicted molar refractivity (Wildman–Crippen MR) is 107 cm³/mol. The van der Waals surface area contributed by atoms with Gasteiger partial charge in [0.25, 0.3) is 0 Å². The van der Waals surface area contributed by atoms with Gasteiger partial charge in [-0.15, -0.1) is 35.7 Å². The number of oxazole rings is 1. The molecule has 0 atom stereocenters. The minimum atomic E-state index is 0. The molecule has 2 N–H and O–H groups in total. The van der Waals surface area contributed by atoms with Crippen molar-refractivity contribution in [2.75, 3.05) is 13.3 Å². The van der Waals surface area contributed by atoms with Gasteiger partial charge in [0.1, 0.15) is 5.76 Å². The topological polar surface area (TPSA) is 62.5 Å². The van der Waals surface area contributed by atoms with Crippen molar-refractivity contribution < 1.29 is 4.42 Å². The average Bonchev–Trinajstić information content (AvgIpc) is 2.86. The molecular formula is C16H23IN4OS. The smallest absolute Gasteiger partial charge is 0.214 e. The van der Waals surface area contributed by atoms with Gasteiger partial charge < -0.3 is 15.1 Å². The van der Waals surface area contributed by atoms with Crippen LogP contribution in [-0.2, 0) is 13.1 Å². The van der Waals surface area contributed by atoms with Gasteiger partial charge in [-0.3, -0.25) is 4.99 Å². The number of aryl methyl sites for hydroxylation is 2. The van der Waals surface area contributed by atoms with Crippen LogP contribution >= 0.6 is 35.7 Å². The van der Waals surface area contributed by atoms with Crippen molar-refractivity contribution in [3.05, 3.63) is 47.2 Å². The van der Waals surface area contributed by atoms with E-state index in [1.807, 2.05) is 13.8 Å². The molecule has 7 heteroatoms. The van der Waals surface area contributed by atoms with E-state index in [4.69, 9.17) is 4.42 Å². The maximum atomic E-state index is 5.54. The molecule has 0 spiro atoms. The Bertz CT molecular complexity index is 621. The summed E-state index contributed by atoms with van der Waals surface area (Å²) in [6.45, 7) is 5.09. The van der Waals surface area contributed by atoms with Crippen LogP contribution in [0.1, 0.15) is 22.9 Å². The summed E-state index contributed by atoms with van der Waals surface area (Å²) < 4.78 is 5.54. The highest BCUT2D eigenvalue weighted by molar-refractivity contribution is 14.0. The second-order valence-electron chi connectivity index (χ2n) is 4.88. The molecule has 0 saturated heterocycles. The van der Waals surface area contributed by atoms with E-state index >= 15 is 0 Å². The minimum absolute atomic E-state index is 0. The van der Waals surface area contributed by atoms with Crippen LogP contribution in [0, 0.1) is 13.8 Å². The summed E-state index contributed by atoms with van der Waals surface area (Å²) >= 11 is 1.74. The maximum Gasteiger partial charge on any atom is 0.214 e. The van der Waals surface area contributed by atoms with Gasteiger partial charge in [0, 0.05) is 18.5 Å². The summed E-state index contributed by atoms with van der Waals surface area (Å²) in [7, 11) is 1.75. The number of nitrogens with zero attached hydrogens (tertiary/aromatic N) is 2. The molecule has 0 radical (unpaired) electrons. The van der Waals surface area contributed by atoms with Crippen LogP contribution in [-0.4, -0.2) is 24.2 Å². The molecule has 2 aromatic rings. The van der Waals surface area contributed by atoms with Crippen LogP contribution in [0.3, 0.4) is 0 Å². The first-order valence-electron chi connectivity index (χ1n) is 7.12. The largest absolute Gasteiger partial charge is 0.444 e. The van der Waals surface area contributed by atoms with Crippen LogP contribution in [0.5, 0.6) is 0 Å². The lowest BCUT2D eigenvalue weighted by Crippen LogP contribution is -2.36. The molecule has 0 aliphatic rings. The number of benzene rings is 1. The molecule has 0 aliphatic heterocycles. The Morgan fingerprint density at radius 2 is 1.83 bits per heavy atom.